The van der Waals surface area contributed by atoms with Crippen LogP contribution in [0.2, 0.25) is 0 Å². The van der Waals surface area contributed by atoms with Crippen LogP contribution in [0.1, 0.15) is 22.3 Å². The Hall–Kier alpha value is -3.54. The van der Waals surface area contributed by atoms with Gasteiger partial charge in [0, 0.05) is 18.8 Å². The Labute approximate surface area is 156 Å². The molecule has 2 amide bonds. The van der Waals surface area contributed by atoms with Crippen molar-refractivity contribution in [1.29, 1.82) is 0 Å². The highest BCUT2D eigenvalue weighted by atomic mass is 19.1. The van der Waals surface area contributed by atoms with Crippen molar-refractivity contribution in [3.8, 4) is 0 Å². The minimum atomic E-state index is -0.309. The standard InChI is InChI=1S/C21H18FN3O2/c22-17-10-7-15(8-11-17)9-12-20(26)24-18-5-1-2-6-19(18)25-21(27)16-4-3-13-23-14-16/h1-8,10-11,13-14H,9,12H2,(H,24,26)(H,25,27). The van der Waals surface area contributed by atoms with E-state index in [2.05, 4.69) is 15.6 Å². The summed E-state index contributed by atoms with van der Waals surface area (Å²) in [6.45, 7) is 0. The van der Waals surface area contributed by atoms with Crippen LogP contribution >= 0.6 is 0 Å². The molecular weight excluding hydrogens is 345 g/mol. The van der Waals surface area contributed by atoms with E-state index in [1.54, 1.807) is 54.7 Å². The topological polar surface area (TPSA) is 71.1 Å². The first kappa shape index (κ1) is 18.3. The molecule has 2 N–H and O–H groups in total. The average Bonchev–Trinajstić information content (AvgIpc) is 2.70. The second-order valence-electron chi connectivity index (χ2n) is 5.92. The van der Waals surface area contributed by atoms with Gasteiger partial charge in [0.1, 0.15) is 5.82 Å². The monoisotopic (exact) mass is 363 g/mol. The van der Waals surface area contributed by atoms with Gasteiger partial charge in [-0.3, -0.25) is 14.6 Å². The van der Waals surface area contributed by atoms with Crippen molar-refractivity contribution < 1.29 is 14.0 Å². The van der Waals surface area contributed by atoms with Crippen LogP contribution in [-0.4, -0.2) is 16.8 Å². The van der Waals surface area contributed by atoms with E-state index in [4.69, 9.17) is 0 Å². The molecule has 0 aliphatic carbocycles. The van der Waals surface area contributed by atoms with Gasteiger partial charge >= 0.3 is 0 Å². The Morgan fingerprint density at radius 1 is 0.889 bits per heavy atom. The zero-order valence-corrected chi connectivity index (χ0v) is 14.5. The third-order valence-corrected chi connectivity index (χ3v) is 3.93. The summed E-state index contributed by atoms with van der Waals surface area (Å²) in [5.74, 6) is -0.806. The first-order valence-corrected chi connectivity index (χ1v) is 8.46. The second kappa shape index (κ2) is 8.71. The largest absolute Gasteiger partial charge is 0.324 e. The molecule has 6 heteroatoms. The highest BCUT2D eigenvalue weighted by molar-refractivity contribution is 6.07. The Morgan fingerprint density at radius 3 is 2.26 bits per heavy atom. The van der Waals surface area contributed by atoms with Crippen molar-refractivity contribution in [2.75, 3.05) is 10.6 Å². The van der Waals surface area contributed by atoms with E-state index in [0.29, 0.717) is 23.4 Å². The number of carbonyl (C=O) groups is 2. The molecule has 3 rings (SSSR count). The van der Waals surface area contributed by atoms with Crippen molar-refractivity contribution in [2.45, 2.75) is 12.8 Å². The van der Waals surface area contributed by atoms with E-state index in [-0.39, 0.29) is 24.1 Å². The molecule has 136 valence electrons. The van der Waals surface area contributed by atoms with Crippen LogP contribution in [0.4, 0.5) is 15.8 Å². The number of amides is 2. The van der Waals surface area contributed by atoms with Crippen molar-refractivity contribution in [3.05, 3.63) is 90.0 Å². The quantitative estimate of drug-likeness (QED) is 0.694. The molecule has 0 aliphatic heterocycles. The van der Waals surface area contributed by atoms with E-state index in [0.717, 1.165) is 5.56 Å². The van der Waals surface area contributed by atoms with Crippen LogP contribution < -0.4 is 10.6 Å². The van der Waals surface area contributed by atoms with Gasteiger partial charge in [0.15, 0.2) is 0 Å². The average molecular weight is 363 g/mol. The van der Waals surface area contributed by atoms with Crippen molar-refractivity contribution in [1.82, 2.24) is 4.98 Å². The summed E-state index contributed by atoms with van der Waals surface area (Å²) in [7, 11) is 0. The van der Waals surface area contributed by atoms with Crippen LogP contribution in [0.25, 0.3) is 0 Å². The number of anilines is 2. The molecule has 3 aromatic rings. The number of aryl methyl sites for hydroxylation is 1. The number of benzene rings is 2. The summed E-state index contributed by atoms with van der Waals surface area (Å²) in [5.41, 5.74) is 2.32. The lowest BCUT2D eigenvalue weighted by molar-refractivity contribution is -0.116. The number of para-hydroxylation sites is 2. The van der Waals surface area contributed by atoms with Crippen molar-refractivity contribution in [3.63, 3.8) is 0 Å². The van der Waals surface area contributed by atoms with Gasteiger partial charge in [-0.25, -0.2) is 4.39 Å². The van der Waals surface area contributed by atoms with Gasteiger partial charge in [0.05, 0.1) is 16.9 Å². The van der Waals surface area contributed by atoms with Crippen LogP contribution in [-0.2, 0) is 11.2 Å². The van der Waals surface area contributed by atoms with Crippen LogP contribution in [0.5, 0.6) is 0 Å². The summed E-state index contributed by atoms with van der Waals surface area (Å²) in [6, 6.07) is 16.4. The maximum atomic E-state index is 12.9. The van der Waals surface area contributed by atoms with E-state index >= 15 is 0 Å². The Balaban J connectivity index is 1.62. The molecular formula is C21H18FN3O2. The zero-order chi connectivity index (χ0) is 19.1. The SMILES string of the molecule is O=C(CCc1ccc(F)cc1)Nc1ccccc1NC(=O)c1cccnc1. The molecule has 0 bridgehead atoms. The third-order valence-electron chi connectivity index (χ3n) is 3.93. The molecule has 27 heavy (non-hydrogen) atoms. The van der Waals surface area contributed by atoms with Crippen LogP contribution in [0.3, 0.4) is 0 Å². The fourth-order valence-electron chi connectivity index (χ4n) is 2.51. The number of aromatic nitrogens is 1. The number of halogens is 1. The minimum absolute atomic E-state index is 0.192. The maximum Gasteiger partial charge on any atom is 0.257 e. The molecule has 0 aliphatic rings. The lowest BCUT2D eigenvalue weighted by Gasteiger charge is -2.12. The van der Waals surface area contributed by atoms with Gasteiger partial charge in [0.2, 0.25) is 5.91 Å². The summed E-state index contributed by atoms with van der Waals surface area (Å²) in [6.07, 6.45) is 3.80. The molecule has 0 atom stereocenters. The van der Waals surface area contributed by atoms with Crippen LogP contribution in [0, 0.1) is 5.82 Å². The predicted octanol–water partition coefficient (Wildman–Crippen LogP) is 4.04. The van der Waals surface area contributed by atoms with Crippen LogP contribution in [0.15, 0.2) is 73.1 Å². The van der Waals surface area contributed by atoms with E-state index < -0.39 is 0 Å². The number of hydrogen-bond donors (Lipinski definition) is 2. The van der Waals surface area contributed by atoms with Gasteiger partial charge in [0.25, 0.3) is 5.91 Å². The summed E-state index contributed by atoms with van der Waals surface area (Å²) < 4.78 is 12.9. The fourth-order valence-corrected chi connectivity index (χ4v) is 2.51. The second-order valence-corrected chi connectivity index (χ2v) is 5.92. The minimum Gasteiger partial charge on any atom is -0.324 e. The number of nitrogens with zero attached hydrogens (tertiary/aromatic N) is 1. The molecule has 0 saturated carbocycles. The molecule has 0 fully saturated rings. The van der Waals surface area contributed by atoms with Gasteiger partial charge < -0.3 is 10.6 Å². The van der Waals surface area contributed by atoms with Gasteiger partial charge in [-0.05, 0) is 48.4 Å². The number of nitrogens with one attached hydrogen (secondary N) is 2. The number of rotatable bonds is 6. The Kier molecular flexibility index (Phi) is 5.89. The molecule has 1 aromatic heterocycles. The summed E-state index contributed by atoms with van der Waals surface area (Å²) >= 11 is 0. The van der Waals surface area contributed by atoms with Crippen molar-refractivity contribution >= 4 is 23.2 Å². The molecule has 0 spiro atoms. The lowest BCUT2D eigenvalue weighted by atomic mass is 10.1. The van der Waals surface area contributed by atoms with E-state index in [1.807, 2.05) is 0 Å². The summed E-state index contributed by atoms with van der Waals surface area (Å²) in [4.78, 5) is 28.5. The molecule has 5 nitrogen and oxygen atoms in total. The number of hydrogen-bond acceptors (Lipinski definition) is 3. The molecule has 0 saturated heterocycles. The van der Waals surface area contributed by atoms with Crippen molar-refractivity contribution in [2.24, 2.45) is 0 Å². The molecule has 2 aromatic carbocycles. The normalized spacial score (nSPS) is 10.3. The first-order valence-electron chi connectivity index (χ1n) is 8.46. The van der Waals surface area contributed by atoms with E-state index in [9.17, 15) is 14.0 Å². The number of carbonyl (C=O) groups excluding carboxylic acids is 2. The fraction of sp³-hybridized carbons (Fsp3) is 0.0952. The van der Waals surface area contributed by atoms with Gasteiger partial charge in [-0.2, -0.15) is 0 Å². The van der Waals surface area contributed by atoms with Gasteiger partial charge in [-0.1, -0.05) is 24.3 Å². The number of pyridine rings is 1. The smallest absolute Gasteiger partial charge is 0.257 e. The van der Waals surface area contributed by atoms with Gasteiger partial charge in [-0.15, -0.1) is 0 Å². The Morgan fingerprint density at radius 2 is 1.59 bits per heavy atom. The highest BCUT2D eigenvalue weighted by Gasteiger charge is 2.11. The first-order chi connectivity index (χ1) is 13.1. The molecule has 0 radical (unpaired) electrons. The Bertz CT molecular complexity index is 928. The summed E-state index contributed by atoms with van der Waals surface area (Å²) in [5, 5.41) is 5.58. The molecule has 0 unspecified atom stereocenters. The predicted molar refractivity (Wildman–Crippen MR) is 102 cm³/mol. The van der Waals surface area contributed by atoms with E-state index in [1.165, 1.54) is 18.3 Å². The third kappa shape index (κ3) is 5.22. The zero-order valence-electron chi connectivity index (χ0n) is 14.5. The highest BCUT2D eigenvalue weighted by Crippen LogP contribution is 2.22. The molecule has 1 heterocycles. The lowest BCUT2D eigenvalue weighted by Crippen LogP contribution is -2.17. The maximum absolute atomic E-state index is 12.9.